The van der Waals surface area contributed by atoms with Crippen molar-refractivity contribution in [1.82, 2.24) is 26.0 Å². The SMILES string of the molecule is O=CC(CCCCNC(=O)COCCOCCNC(=O)COCCOCCNC(=O)CC[C@H](NC(=O)CCCCCCCCCCCCCCCCC(=O)O)C(=O)O)NS. The molecule has 7 N–H and O–H groups in total. The minimum atomic E-state index is -1.18. The summed E-state index contributed by atoms with van der Waals surface area (Å²) >= 11 is 3.87. The number of rotatable bonds is 45. The van der Waals surface area contributed by atoms with Gasteiger partial charge in [-0.3, -0.25) is 28.7 Å². The molecule has 0 rings (SSSR count). The van der Waals surface area contributed by atoms with E-state index in [-0.39, 0.29) is 121 Å². The fraction of sp³-hybridized carbons (Fsp3) is 0.829. The van der Waals surface area contributed by atoms with Crippen LogP contribution in [0.2, 0.25) is 0 Å². The van der Waals surface area contributed by atoms with Gasteiger partial charge in [0.05, 0.1) is 45.7 Å². The lowest BCUT2D eigenvalue weighted by atomic mass is 10.0. The summed E-state index contributed by atoms with van der Waals surface area (Å²) in [5.41, 5.74) is 0. The molecule has 0 heterocycles. The number of thiol groups is 1. The summed E-state index contributed by atoms with van der Waals surface area (Å²) < 4.78 is 23.9. The molecule has 2 atom stereocenters. The van der Waals surface area contributed by atoms with Gasteiger partial charge in [0.1, 0.15) is 25.5 Å². The Labute approximate surface area is 362 Å². The predicted octanol–water partition coefficient (Wildman–Crippen LogP) is 3.25. The Morgan fingerprint density at radius 2 is 0.933 bits per heavy atom. The number of carbonyl (C=O) groups is 7. The Balaban J connectivity index is 3.65. The Bertz CT molecular complexity index is 1150. The Morgan fingerprint density at radius 3 is 1.40 bits per heavy atom. The number of hydrogen-bond acceptors (Lipinski definition) is 13. The molecule has 0 fully saturated rings. The molecule has 0 saturated carbocycles. The zero-order valence-electron chi connectivity index (χ0n) is 35.7. The maximum absolute atomic E-state index is 12.3. The van der Waals surface area contributed by atoms with Gasteiger partial charge in [-0.1, -0.05) is 89.9 Å². The third-order valence-electron chi connectivity index (χ3n) is 9.28. The predicted molar refractivity (Wildman–Crippen MR) is 228 cm³/mol. The van der Waals surface area contributed by atoms with E-state index in [0.29, 0.717) is 19.4 Å². The number of carbonyl (C=O) groups excluding carboxylic acids is 5. The normalized spacial score (nSPS) is 12.0. The first-order valence-corrected chi connectivity index (χ1v) is 22.2. The second-order valence-corrected chi connectivity index (χ2v) is 14.8. The molecular weight excluding hydrogens is 803 g/mol. The second kappa shape index (κ2) is 42.3. The van der Waals surface area contributed by atoms with E-state index < -0.39 is 18.0 Å². The third-order valence-corrected chi connectivity index (χ3v) is 9.61. The monoisotopic (exact) mass is 878 g/mol. The molecule has 0 aromatic rings. The molecule has 0 aliphatic heterocycles. The molecule has 0 bridgehead atoms. The van der Waals surface area contributed by atoms with Gasteiger partial charge >= 0.3 is 11.9 Å². The van der Waals surface area contributed by atoms with Crippen molar-refractivity contribution in [2.75, 3.05) is 72.5 Å². The van der Waals surface area contributed by atoms with E-state index >= 15 is 0 Å². The first kappa shape index (κ1) is 56.6. The van der Waals surface area contributed by atoms with Gasteiger partial charge in [-0.25, -0.2) is 4.79 Å². The van der Waals surface area contributed by atoms with Crippen molar-refractivity contribution in [3.63, 3.8) is 0 Å². The van der Waals surface area contributed by atoms with Crippen LogP contribution < -0.4 is 26.0 Å². The van der Waals surface area contributed by atoms with Gasteiger partial charge in [-0.05, 0) is 38.5 Å². The van der Waals surface area contributed by atoms with Gasteiger partial charge in [0.2, 0.25) is 23.6 Å². The van der Waals surface area contributed by atoms with E-state index in [0.717, 1.165) is 57.7 Å². The summed E-state index contributed by atoms with van der Waals surface area (Å²) in [6.45, 7) is 2.04. The van der Waals surface area contributed by atoms with Crippen molar-refractivity contribution in [3.8, 4) is 0 Å². The standard InChI is InChI=1S/C41H75N5O13S/c47-31-34(46-60)17-15-16-22-42-38(50)32-58-29-28-57-26-24-44-39(51)33-59-30-27-56-25-23-43-36(48)21-20-35(41(54)55)45-37(49)18-13-11-9-7-5-3-1-2-4-6-8-10-12-14-19-40(52)53/h31,34-35,46,60H,1-30,32-33H2,(H,42,50)(H,43,48)(H,44,51)(H,45,49)(H,52,53)(H,54,55)/t34?,35-/m0/s1. The van der Waals surface area contributed by atoms with Crippen molar-refractivity contribution >= 4 is 54.7 Å². The third kappa shape index (κ3) is 40.1. The summed E-state index contributed by atoms with van der Waals surface area (Å²) in [4.78, 5) is 81.0. The number of aldehydes is 1. The highest BCUT2D eigenvalue weighted by Crippen LogP contribution is 2.14. The fourth-order valence-electron chi connectivity index (χ4n) is 5.85. The molecule has 60 heavy (non-hydrogen) atoms. The van der Waals surface area contributed by atoms with Crippen LogP contribution in [0.5, 0.6) is 0 Å². The molecule has 0 saturated heterocycles. The highest BCUT2D eigenvalue weighted by atomic mass is 32.1. The summed E-state index contributed by atoms with van der Waals surface area (Å²) in [7, 11) is 0. The van der Waals surface area contributed by atoms with Crippen LogP contribution >= 0.6 is 12.8 Å². The van der Waals surface area contributed by atoms with Crippen LogP contribution in [-0.2, 0) is 52.5 Å². The summed E-state index contributed by atoms with van der Waals surface area (Å²) in [6, 6.07) is -1.44. The molecule has 1 unspecified atom stereocenters. The van der Waals surface area contributed by atoms with Crippen LogP contribution in [0.3, 0.4) is 0 Å². The van der Waals surface area contributed by atoms with Gasteiger partial charge in [-0.15, -0.1) is 0 Å². The Morgan fingerprint density at radius 1 is 0.483 bits per heavy atom. The lowest BCUT2D eigenvalue weighted by molar-refractivity contribution is -0.142. The van der Waals surface area contributed by atoms with E-state index in [1.807, 2.05) is 0 Å². The van der Waals surface area contributed by atoms with E-state index in [4.69, 9.17) is 24.1 Å². The Kier molecular flexibility index (Phi) is 40.0. The number of unbranched alkanes of at least 4 members (excludes halogenated alkanes) is 14. The molecule has 348 valence electrons. The first-order chi connectivity index (χ1) is 29.1. The minimum Gasteiger partial charge on any atom is -0.481 e. The van der Waals surface area contributed by atoms with Gasteiger partial charge in [0.15, 0.2) is 0 Å². The van der Waals surface area contributed by atoms with Crippen LogP contribution in [-0.4, -0.2) is 137 Å². The number of amides is 4. The van der Waals surface area contributed by atoms with Crippen molar-refractivity contribution in [3.05, 3.63) is 0 Å². The fourth-order valence-corrected chi connectivity index (χ4v) is 6.04. The van der Waals surface area contributed by atoms with Crippen molar-refractivity contribution < 1.29 is 62.7 Å². The van der Waals surface area contributed by atoms with E-state index in [9.17, 15) is 38.7 Å². The lowest BCUT2D eigenvalue weighted by Crippen LogP contribution is -2.41. The van der Waals surface area contributed by atoms with Gasteiger partial charge in [0, 0.05) is 38.9 Å². The molecule has 0 aliphatic carbocycles. The van der Waals surface area contributed by atoms with Crippen LogP contribution in [0.15, 0.2) is 0 Å². The van der Waals surface area contributed by atoms with Crippen molar-refractivity contribution in [2.45, 2.75) is 147 Å². The summed E-state index contributed by atoms with van der Waals surface area (Å²) in [6.07, 6.45) is 18.4. The van der Waals surface area contributed by atoms with Crippen LogP contribution in [0.1, 0.15) is 135 Å². The van der Waals surface area contributed by atoms with E-state index in [1.165, 1.54) is 44.9 Å². The second-order valence-electron chi connectivity index (χ2n) is 14.6. The molecule has 0 aromatic heterocycles. The molecule has 0 spiro atoms. The highest BCUT2D eigenvalue weighted by Gasteiger charge is 2.21. The molecule has 0 radical (unpaired) electrons. The quantitative estimate of drug-likeness (QED) is 0.0248. The lowest BCUT2D eigenvalue weighted by Gasteiger charge is -2.14. The molecule has 18 nitrogen and oxygen atoms in total. The minimum absolute atomic E-state index is 0.0271. The number of nitrogens with one attached hydrogen (secondary N) is 5. The average Bonchev–Trinajstić information content (AvgIpc) is 3.22. The summed E-state index contributed by atoms with van der Waals surface area (Å²) in [5, 5.41) is 28.7. The first-order valence-electron chi connectivity index (χ1n) is 21.8. The molecular formula is C41H75N5O13S. The maximum atomic E-state index is 12.3. The maximum Gasteiger partial charge on any atom is 0.326 e. The van der Waals surface area contributed by atoms with E-state index in [1.54, 1.807) is 0 Å². The number of aliphatic carboxylic acids is 2. The molecule has 0 aromatic carbocycles. The average molecular weight is 878 g/mol. The van der Waals surface area contributed by atoms with Gasteiger partial charge in [-0.2, -0.15) is 0 Å². The smallest absolute Gasteiger partial charge is 0.326 e. The summed E-state index contributed by atoms with van der Waals surface area (Å²) in [5.74, 6) is -3.14. The largest absolute Gasteiger partial charge is 0.481 e. The van der Waals surface area contributed by atoms with Crippen molar-refractivity contribution in [1.29, 1.82) is 0 Å². The highest BCUT2D eigenvalue weighted by molar-refractivity contribution is 7.78. The van der Waals surface area contributed by atoms with Gasteiger partial charge in [0.25, 0.3) is 0 Å². The number of carboxylic acid groups (broad SMARTS) is 2. The zero-order chi connectivity index (χ0) is 44.3. The molecule has 0 aliphatic rings. The molecule has 19 heteroatoms. The number of carboxylic acids is 2. The number of hydrogen-bond donors (Lipinski definition) is 8. The van der Waals surface area contributed by atoms with Crippen molar-refractivity contribution in [2.24, 2.45) is 0 Å². The molecule has 4 amide bonds. The number of ether oxygens (including phenoxy) is 4. The van der Waals surface area contributed by atoms with Crippen LogP contribution in [0, 0.1) is 0 Å². The van der Waals surface area contributed by atoms with Crippen LogP contribution in [0.4, 0.5) is 0 Å². The van der Waals surface area contributed by atoms with E-state index in [2.05, 4.69) is 38.8 Å². The van der Waals surface area contributed by atoms with Gasteiger partial charge < -0.3 is 55.2 Å². The topological polar surface area (TPSA) is 257 Å². The zero-order valence-corrected chi connectivity index (χ0v) is 36.6. The van der Waals surface area contributed by atoms with Crippen LogP contribution in [0.25, 0.3) is 0 Å². The Hall–Kier alpha value is -3.36.